The van der Waals surface area contributed by atoms with E-state index in [1.54, 1.807) is 30.3 Å². The van der Waals surface area contributed by atoms with Crippen LogP contribution in [-0.2, 0) is 10.5 Å². The first-order chi connectivity index (χ1) is 15.5. The van der Waals surface area contributed by atoms with E-state index >= 15 is 0 Å². The smallest absolute Gasteiger partial charge is 0.360 e. The zero-order valence-corrected chi connectivity index (χ0v) is 19.4. The average Bonchev–Trinajstić information content (AvgIpc) is 3.14. The molecule has 0 saturated heterocycles. The fourth-order valence-corrected chi connectivity index (χ4v) is 4.33. The maximum Gasteiger partial charge on any atom is 0.360 e. The third-order valence-electron chi connectivity index (χ3n) is 4.85. The summed E-state index contributed by atoms with van der Waals surface area (Å²) in [5.41, 5.74) is 3.93. The Hall–Kier alpha value is -3.10. The molecule has 4 rings (SSSR count). The van der Waals surface area contributed by atoms with Gasteiger partial charge in [0.15, 0.2) is 11.3 Å². The molecule has 2 aromatic carbocycles. The van der Waals surface area contributed by atoms with E-state index in [0.29, 0.717) is 22.1 Å². The van der Waals surface area contributed by atoms with Crippen molar-refractivity contribution >= 4 is 35.0 Å². The van der Waals surface area contributed by atoms with Gasteiger partial charge in [-0.2, -0.15) is 5.10 Å². The largest absolute Gasteiger partial charge is 0.497 e. The Labute approximate surface area is 194 Å². The predicted octanol–water partition coefficient (Wildman–Crippen LogP) is 5.23. The number of carbonyl (C=O) groups is 1. The highest BCUT2D eigenvalue weighted by atomic mass is 35.5. The summed E-state index contributed by atoms with van der Waals surface area (Å²) in [6.45, 7) is 3.91. The van der Waals surface area contributed by atoms with Crippen LogP contribution in [0.5, 0.6) is 5.75 Å². The normalized spacial score (nSPS) is 11.0. The van der Waals surface area contributed by atoms with Crippen LogP contribution in [0.1, 0.15) is 28.8 Å². The van der Waals surface area contributed by atoms with Crippen LogP contribution in [0, 0.1) is 6.92 Å². The van der Waals surface area contributed by atoms with Gasteiger partial charge in [0.25, 0.3) is 0 Å². The van der Waals surface area contributed by atoms with Gasteiger partial charge in [-0.3, -0.25) is 0 Å². The summed E-state index contributed by atoms with van der Waals surface area (Å²) in [4.78, 5) is 13.6. The van der Waals surface area contributed by atoms with Crippen molar-refractivity contribution < 1.29 is 14.3 Å². The van der Waals surface area contributed by atoms with Crippen LogP contribution in [-0.4, -0.2) is 39.5 Å². The first-order valence-electron chi connectivity index (χ1n) is 9.96. The van der Waals surface area contributed by atoms with Crippen LogP contribution >= 0.6 is 23.4 Å². The lowest BCUT2D eigenvalue weighted by Crippen LogP contribution is -2.16. The van der Waals surface area contributed by atoms with Crippen molar-refractivity contribution in [3.63, 3.8) is 0 Å². The van der Waals surface area contributed by atoms with E-state index < -0.39 is 5.97 Å². The topological polar surface area (TPSA) is 78.6 Å². The van der Waals surface area contributed by atoms with Crippen LogP contribution < -0.4 is 4.74 Å². The molecule has 0 spiro atoms. The number of benzene rings is 2. The molecule has 0 atom stereocenters. The summed E-state index contributed by atoms with van der Waals surface area (Å²) >= 11 is 7.55. The second-order valence-corrected chi connectivity index (χ2v) is 8.37. The lowest BCUT2D eigenvalue weighted by molar-refractivity contribution is 0.0516. The Kier molecular flexibility index (Phi) is 6.62. The van der Waals surface area contributed by atoms with E-state index in [1.807, 2.05) is 55.5 Å². The molecule has 0 fully saturated rings. The number of thioether (sulfide) groups is 1. The number of fused-ring (bicyclic) bond motifs is 1. The number of aromatic nitrogens is 4. The molecule has 2 heterocycles. The van der Waals surface area contributed by atoms with Gasteiger partial charge < -0.3 is 9.47 Å². The molecule has 7 nitrogen and oxygen atoms in total. The van der Waals surface area contributed by atoms with Gasteiger partial charge in [-0.15, -0.1) is 22.0 Å². The number of hydrogen-bond acceptors (Lipinski definition) is 7. The first kappa shape index (κ1) is 22.1. The van der Waals surface area contributed by atoms with E-state index in [0.717, 1.165) is 27.5 Å². The van der Waals surface area contributed by atoms with Crippen molar-refractivity contribution in [1.29, 1.82) is 0 Å². The number of hydrogen-bond donors (Lipinski definition) is 0. The minimum absolute atomic E-state index is 0.157. The summed E-state index contributed by atoms with van der Waals surface area (Å²) in [7, 11) is 1.63. The minimum atomic E-state index is -0.521. The summed E-state index contributed by atoms with van der Waals surface area (Å²) in [5.74, 6) is 0.691. The van der Waals surface area contributed by atoms with E-state index in [-0.39, 0.29) is 12.3 Å². The van der Waals surface area contributed by atoms with Gasteiger partial charge in [0.1, 0.15) is 5.75 Å². The Balaban J connectivity index is 1.80. The molecule has 0 aliphatic rings. The van der Waals surface area contributed by atoms with Crippen molar-refractivity contribution in [1.82, 2.24) is 19.8 Å². The van der Waals surface area contributed by atoms with E-state index in [2.05, 4.69) is 10.2 Å². The molecule has 0 aliphatic heterocycles. The number of rotatable bonds is 7. The molecule has 0 N–H and O–H groups in total. The molecule has 4 aromatic rings. The fourth-order valence-electron chi connectivity index (χ4n) is 3.32. The summed E-state index contributed by atoms with van der Waals surface area (Å²) in [6, 6.07) is 15.2. The highest BCUT2D eigenvalue weighted by Gasteiger charge is 2.23. The highest BCUT2D eigenvalue weighted by molar-refractivity contribution is 7.98. The zero-order valence-electron chi connectivity index (χ0n) is 17.8. The molecule has 0 amide bonds. The second kappa shape index (κ2) is 9.58. The fraction of sp³-hybridized carbons (Fsp3) is 0.217. The van der Waals surface area contributed by atoms with Crippen LogP contribution in [0.4, 0.5) is 0 Å². The Morgan fingerprint density at radius 3 is 2.47 bits per heavy atom. The SMILES string of the molecule is CCOC(=O)c1nnc2c(-c3ccc(OC)cc3)c(C)nn2c1CSc1ccc(Cl)cc1. The highest BCUT2D eigenvalue weighted by Crippen LogP contribution is 2.31. The molecule has 32 heavy (non-hydrogen) atoms. The van der Waals surface area contributed by atoms with Crippen molar-refractivity contribution in [2.24, 2.45) is 0 Å². The van der Waals surface area contributed by atoms with Gasteiger partial charge in [0.05, 0.1) is 30.7 Å². The van der Waals surface area contributed by atoms with Crippen molar-refractivity contribution in [2.45, 2.75) is 24.5 Å². The molecular formula is C23H21ClN4O3S. The number of halogens is 1. The Morgan fingerprint density at radius 1 is 1.09 bits per heavy atom. The summed E-state index contributed by atoms with van der Waals surface area (Å²) in [6.07, 6.45) is 0. The first-order valence-corrected chi connectivity index (χ1v) is 11.3. The Bertz CT molecular complexity index is 1260. The third kappa shape index (κ3) is 4.42. The number of aryl methyl sites for hydroxylation is 1. The van der Waals surface area contributed by atoms with Gasteiger partial charge in [-0.25, -0.2) is 9.31 Å². The van der Waals surface area contributed by atoms with Gasteiger partial charge >= 0.3 is 5.97 Å². The van der Waals surface area contributed by atoms with Gasteiger partial charge in [0.2, 0.25) is 0 Å². The second-order valence-electron chi connectivity index (χ2n) is 6.88. The molecule has 0 unspecified atom stereocenters. The van der Waals surface area contributed by atoms with Gasteiger partial charge in [0, 0.05) is 15.7 Å². The number of esters is 1. The minimum Gasteiger partial charge on any atom is -0.497 e. The van der Waals surface area contributed by atoms with E-state index in [1.165, 1.54) is 0 Å². The summed E-state index contributed by atoms with van der Waals surface area (Å²) in [5, 5.41) is 14.0. The zero-order chi connectivity index (χ0) is 22.7. The average molecular weight is 469 g/mol. The molecule has 0 bridgehead atoms. The third-order valence-corrected chi connectivity index (χ3v) is 6.12. The van der Waals surface area contributed by atoms with Crippen LogP contribution in [0.25, 0.3) is 16.8 Å². The van der Waals surface area contributed by atoms with Crippen LogP contribution in [0.2, 0.25) is 5.02 Å². The van der Waals surface area contributed by atoms with Gasteiger partial charge in [-0.1, -0.05) is 23.7 Å². The predicted molar refractivity (Wildman–Crippen MR) is 124 cm³/mol. The molecule has 164 valence electrons. The van der Waals surface area contributed by atoms with Crippen molar-refractivity contribution in [2.75, 3.05) is 13.7 Å². The van der Waals surface area contributed by atoms with Crippen LogP contribution in [0.3, 0.4) is 0 Å². The molecular weight excluding hydrogens is 448 g/mol. The van der Waals surface area contributed by atoms with E-state index in [4.69, 9.17) is 26.2 Å². The number of ether oxygens (including phenoxy) is 2. The van der Waals surface area contributed by atoms with Gasteiger partial charge in [-0.05, 0) is 55.8 Å². The number of carbonyl (C=O) groups excluding carboxylic acids is 1. The van der Waals surface area contributed by atoms with E-state index in [9.17, 15) is 4.79 Å². The standard InChI is InChI=1S/C23H21ClN4O3S/c1-4-31-23(29)21-19(13-32-18-11-7-16(24)8-12-18)28-22(26-25-21)20(14(2)27-28)15-5-9-17(30-3)10-6-15/h5-12H,4,13H2,1-3H3. The van der Waals surface area contributed by atoms with Crippen LogP contribution in [0.15, 0.2) is 53.4 Å². The lowest BCUT2D eigenvalue weighted by atomic mass is 10.1. The molecule has 0 aliphatic carbocycles. The van der Waals surface area contributed by atoms with Crippen molar-refractivity contribution in [3.8, 4) is 16.9 Å². The maximum absolute atomic E-state index is 12.6. The monoisotopic (exact) mass is 468 g/mol. The molecule has 2 aromatic heterocycles. The lowest BCUT2D eigenvalue weighted by Gasteiger charge is -2.10. The summed E-state index contributed by atoms with van der Waals surface area (Å²) < 4.78 is 12.2. The molecule has 9 heteroatoms. The maximum atomic E-state index is 12.6. The van der Waals surface area contributed by atoms with Crippen molar-refractivity contribution in [3.05, 3.63) is 70.6 Å². The quantitative estimate of drug-likeness (QED) is 0.271. The number of nitrogens with zero attached hydrogens (tertiary/aromatic N) is 4. The molecule has 0 saturated carbocycles. The molecule has 0 radical (unpaired) electrons. The Morgan fingerprint density at radius 2 is 1.81 bits per heavy atom. The number of methoxy groups -OCH3 is 1.